The van der Waals surface area contributed by atoms with E-state index < -0.39 is 0 Å². The standard InChI is InChI=1S/C10H15N3O/c1-7-4-5-11-10(13-7)12-6-9(14)8-2-3-8/h4-5,8-9,14H,2-3,6H2,1H3,(H,11,12,13). The lowest BCUT2D eigenvalue weighted by molar-refractivity contribution is 0.164. The van der Waals surface area contributed by atoms with Crippen LogP contribution in [-0.2, 0) is 0 Å². The molecule has 1 aromatic heterocycles. The van der Waals surface area contributed by atoms with Crippen molar-refractivity contribution in [2.75, 3.05) is 11.9 Å². The summed E-state index contributed by atoms with van der Waals surface area (Å²) in [6.07, 6.45) is 3.77. The number of aliphatic hydroxyl groups excluding tert-OH is 1. The highest BCUT2D eigenvalue weighted by Crippen LogP contribution is 2.32. The minimum absolute atomic E-state index is 0.251. The van der Waals surface area contributed by atoms with Crippen LogP contribution in [0.2, 0.25) is 0 Å². The van der Waals surface area contributed by atoms with E-state index in [2.05, 4.69) is 15.3 Å². The first-order valence-corrected chi connectivity index (χ1v) is 4.97. The lowest BCUT2D eigenvalue weighted by Gasteiger charge is -2.10. The summed E-state index contributed by atoms with van der Waals surface area (Å²) in [6, 6.07) is 1.85. The highest BCUT2D eigenvalue weighted by molar-refractivity contribution is 5.24. The molecule has 1 aliphatic rings. The SMILES string of the molecule is Cc1ccnc(NCC(O)C2CC2)n1. The van der Waals surface area contributed by atoms with Crippen LogP contribution in [0.25, 0.3) is 0 Å². The molecule has 1 atom stereocenters. The Hall–Kier alpha value is -1.16. The maximum atomic E-state index is 9.60. The fourth-order valence-electron chi connectivity index (χ4n) is 1.38. The summed E-state index contributed by atoms with van der Waals surface area (Å²) in [6.45, 7) is 2.47. The third-order valence-corrected chi connectivity index (χ3v) is 2.43. The average Bonchev–Trinajstić information content (AvgIpc) is 2.97. The van der Waals surface area contributed by atoms with Gasteiger partial charge in [0.25, 0.3) is 0 Å². The largest absolute Gasteiger partial charge is 0.391 e. The lowest BCUT2D eigenvalue weighted by atomic mass is 10.2. The number of aryl methyl sites for hydroxylation is 1. The van der Waals surface area contributed by atoms with Crippen molar-refractivity contribution in [2.24, 2.45) is 5.92 Å². The quantitative estimate of drug-likeness (QED) is 0.748. The first kappa shape index (κ1) is 9.40. The highest BCUT2D eigenvalue weighted by Gasteiger charge is 2.29. The van der Waals surface area contributed by atoms with Gasteiger partial charge in [0.15, 0.2) is 0 Å². The van der Waals surface area contributed by atoms with Crippen LogP contribution in [-0.4, -0.2) is 27.7 Å². The van der Waals surface area contributed by atoms with Crippen molar-refractivity contribution < 1.29 is 5.11 Å². The fourth-order valence-corrected chi connectivity index (χ4v) is 1.38. The van der Waals surface area contributed by atoms with Crippen molar-refractivity contribution in [3.05, 3.63) is 18.0 Å². The van der Waals surface area contributed by atoms with Crippen LogP contribution in [0.5, 0.6) is 0 Å². The molecule has 1 saturated carbocycles. The van der Waals surface area contributed by atoms with Gasteiger partial charge in [0, 0.05) is 18.4 Å². The van der Waals surface area contributed by atoms with Crippen LogP contribution in [0.3, 0.4) is 0 Å². The fraction of sp³-hybridized carbons (Fsp3) is 0.600. The zero-order valence-electron chi connectivity index (χ0n) is 8.27. The third kappa shape index (κ3) is 2.42. The molecule has 0 aliphatic heterocycles. The highest BCUT2D eigenvalue weighted by atomic mass is 16.3. The second-order valence-electron chi connectivity index (χ2n) is 3.81. The molecular weight excluding hydrogens is 178 g/mol. The van der Waals surface area contributed by atoms with E-state index in [4.69, 9.17) is 0 Å². The lowest BCUT2D eigenvalue weighted by Crippen LogP contribution is -2.22. The Morgan fingerprint density at radius 1 is 1.64 bits per heavy atom. The number of hydrogen-bond acceptors (Lipinski definition) is 4. The maximum Gasteiger partial charge on any atom is 0.222 e. The van der Waals surface area contributed by atoms with Gasteiger partial charge in [-0.05, 0) is 31.7 Å². The molecule has 1 aliphatic carbocycles. The Kier molecular flexibility index (Phi) is 2.63. The first-order valence-electron chi connectivity index (χ1n) is 4.97. The molecule has 0 bridgehead atoms. The molecular formula is C10H15N3O. The second-order valence-corrected chi connectivity index (χ2v) is 3.81. The summed E-state index contributed by atoms with van der Waals surface area (Å²) >= 11 is 0. The van der Waals surface area contributed by atoms with Crippen LogP contribution < -0.4 is 5.32 Å². The van der Waals surface area contributed by atoms with Gasteiger partial charge in [0.1, 0.15) is 0 Å². The number of nitrogens with zero attached hydrogens (tertiary/aromatic N) is 2. The zero-order valence-corrected chi connectivity index (χ0v) is 8.27. The van der Waals surface area contributed by atoms with Crippen molar-refractivity contribution in [2.45, 2.75) is 25.9 Å². The van der Waals surface area contributed by atoms with E-state index in [9.17, 15) is 5.11 Å². The molecule has 0 aromatic carbocycles. The summed E-state index contributed by atoms with van der Waals surface area (Å²) in [7, 11) is 0. The van der Waals surface area contributed by atoms with Gasteiger partial charge in [0.2, 0.25) is 5.95 Å². The van der Waals surface area contributed by atoms with Crippen LogP contribution >= 0.6 is 0 Å². The molecule has 2 N–H and O–H groups in total. The maximum absolute atomic E-state index is 9.60. The minimum Gasteiger partial charge on any atom is -0.391 e. The number of hydrogen-bond donors (Lipinski definition) is 2. The van der Waals surface area contributed by atoms with E-state index in [0.29, 0.717) is 18.4 Å². The Balaban J connectivity index is 1.84. The summed E-state index contributed by atoms with van der Waals surface area (Å²) < 4.78 is 0. The number of nitrogens with one attached hydrogen (secondary N) is 1. The molecule has 0 amide bonds. The molecule has 76 valence electrons. The molecule has 2 rings (SSSR count). The molecule has 1 aromatic rings. The number of aromatic nitrogens is 2. The smallest absolute Gasteiger partial charge is 0.222 e. The van der Waals surface area contributed by atoms with E-state index in [0.717, 1.165) is 18.5 Å². The van der Waals surface area contributed by atoms with Crippen molar-refractivity contribution >= 4 is 5.95 Å². The van der Waals surface area contributed by atoms with Gasteiger partial charge in [-0.3, -0.25) is 0 Å². The molecule has 4 nitrogen and oxygen atoms in total. The summed E-state index contributed by atoms with van der Waals surface area (Å²) in [4.78, 5) is 8.25. The Labute approximate surface area is 83.4 Å². The van der Waals surface area contributed by atoms with Gasteiger partial charge < -0.3 is 10.4 Å². The van der Waals surface area contributed by atoms with E-state index in [1.807, 2.05) is 13.0 Å². The molecule has 1 heterocycles. The monoisotopic (exact) mass is 193 g/mol. The normalized spacial score (nSPS) is 17.9. The Morgan fingerprint density at radius 2 is 2.43 bits per heavy atom. The van der Waals surface area contributed by atoms with E-state index in [-0.39, 0.29) is 6.10 Å². The molecule has 1 unspecified atom stereocenters. The first-order chi connectivity index (χ1) is 6.75. The second kappa shape index (κ2) is 3.92. The van der Waals surface area contributed by atoms with Gasteiger partial charge >= 0.3 is 0 Å². The van der Waals surface area contributed by atoms with Crippen molar-refractivity contribution in [1.82, 2.24) is 9.97 Å². The average molecular weight is 193 g/mol. The van der Waals surface area contributed by atoms with Crippen molar-refractivity contribution in [3.63, 3.8) is 0 Å². The molecule has 14 heavy (non-hydrogen) atoms. The van der Waals surface area contributed by atoms with Gasteiger partial charge in [0.05, 0.1) is 6.10 Å². The van der Waals surface area contributed by atoms with Crippen molar-refractivity contribution in [1.29, 1.82) is 0 Å². The third-order valence-electron chi connectivity index (χ3n) is 2.43. The Bertz CT molecular complexity index is 312. The molecule has 0 spiro atoms. The predicted octanol–water partition coefficient (Wildman–Crippen LogP) is 0.968. The van der Waals surface area contributed by atoms with E-state index in [1.165, 1.54) is 0 Å². The van der Waals surface area contributed by atoms with Gasteiger partial charge in [-0.15, -0.1) is 0 Å². The predicted molar refractivity (Wildman–Crippen MR) is 54.0 cm³/mol. The summed E-state index contributed by atoms with van der Waals surface area (Å²) in [5.74, 6) is 1.09. The van der Waals surface area contributed by atoms with E-state index >= 15 is 0 Å². The number of anilines is 1. The summed E-state index contributed by atoms with van der Waals surface area (Å²) in [5, 5.41) is 12.6. The zero-order chi connectivity index (χ0) is 9.97. The van der Waals surface area contributed by atoms with Gasteiger partial charge in [-0.25, -0.2) is 9.97 Å². The van der Waals surface area contributed by atoms with Crippen molar-refractivity contribution in [3.8, 4) is 0 Å². The number of aliphatic hydroxyl groups is 1. The van der Waals surface area contributed by atoms with Gasteiger partial charge in [-0.1, -0.05) is 0 Å². The molecule has 0 saturated heterocycles. The Morgan fingerprint density at radius 3 is 3.07 bits per heavy atom. The van der Waals surface area contributed by atoms with E-state index in [1.54, 1.807) is 6.20 Å². The minimum atomic E-state index is -0.251. The summed E-state index contributed by atoms with van der Waals surface area (Å²) in [5.41, 5.74) is 0.934. The van der Waals surface area contributed by atoms with Crippen LogP contribution in [0, 0.1) is 12.8 Å². The van der Waals surface area contributed by atoms with Gasteiger partial charge in [-0.2, -0.15) is 0 Å². The van der Waals surface area contributed by atoms with Crippen LogP contribution in [0.4, 0.5) is 5.95 Å². The van der Waals surface area contributed by atoms with Crippen LogP contribution in [0.1, 0.15) is 18.5 Å². The molecule has 1 fully saturated rings. The molecule has 4 heteroatoms. The van der Waals surface area contributed by atoms with Crippen LogP contribution in [0.15, 0.2) is 12.3 Å². The topological polar surface area (TPSA) is 58.0 Å². The molecule has 0 radical (unpaired) electrons. The number of rotatable bonds is 4.